The summed E-state index contributed by atoms with van der Waals surface area (Å²) in [6, 6.07) is 0. The van der Waals surface area contributed by atoms with Gasteiger partial charge in [-0.2, -0.15) is 0 Å². The Bertz CT molecular complexity index is 111. The van der Waals surface area contributed by atoms with E-state index in [-0.39, 0.29) is 17.0 Å². The largest absolute Gasteiger partial charge is 0.309 e. The molecule has 0 aliphatic rings. The van der Waals surface area contributed by atoms with Crippen molar-refractivity contribution in [1.29, 1.82) is 0 Å². The van der Waals surface area contributed by atoms with E-state index < -0.39 is 0 Å². The van der Waals surface area contributed by atoms with Crippen LogP contribution in [-0.2, 0) is 0 Å². The summed E-state index contributed by atoms with van der Waals surface area (Å²) < 4.78 is 0. The summed E-state index contributed by atoms with van der Waals surface area (Å²) in [4.78, 5) is 2.22. The Kier molecular flexibility index (Phi) is 14.7. The summed E-state index contributed by atoms with van der Waals surface area (Å²) in [5.74, 6) is 0. The molecule has 0 heterocycles. The second-order valence-corrected chi connectivity index (χ2v) is 3.56. The smallest absolute Gasteiger partial charge is 0.000980 e. The quantitative estimate of drug-likeness (QED) is 0.492. The summed E-state index contributed by atoms with van der Waals surface area (Å²) in [5.41, 5.74) is 0. The highest BCUT2D eigenvalue weighted by Gasteiger charge is 1.85. The molecular formula is C11H24BrN. The number of rotatable bonds is 7. The Hall–Kier alpha value is 0.180. The number of halogens is 1. The molecular weight excluding hydrogens is 226 g/mol. The Balaban J connectivity index is 0. The summed E-state index contributed by atoms with van der Waals surface area (Å²) in [6.45, 7) is 3.42. The molecule has 0 radical (unpaired) electrons. The first-order valence-electron chi connectivity index (χ1n) is 5.07. The van der Waals surface area contributed by atoms with E-state index in [0.29, 0.717) is 0 Å². The molecule has 0 aromatic rings. The Morgan fingerprint density at radius 2 is 1.62 bits per heavy atom. The van der Waals surface area contributed by atoms with Crippen molar-refractivity contribution >= 4 is 17.0 Å². The zero-order valence-electron chi connectivity index (χ0n) is 9.25. The van der Waals surface area contributed by atoms with E-state index in [1.165, 1.54) is 38.6 Å². The van der Waals surface area contributed by atoms with Crippen molar-refractivity contribution in [3.8, 4) is 0 Å². The molecule has 0 rings (SSSR count). The molecule has 0 bridgehead atoms. The second kappa shape index (κ2) is 12.2. The van der Waals surface area contributed by atoms with Crippen LogP contribution in [-0.4, -0.2) is 25.5 Å². The molecule has 0 saturated carbocycles. The summed E-state index contributed by atoms with van der Waals surface area (Å²) >= 11 is 0. The van der Waals surface area contributed by atoms with E-state index in [9.17, 15) is 0 Å². The van der Waals surface area contributed by atoms with Gasteiger partial charge in [0.25, 0.3) is 0 Å². The van der Waals surface area contributed by atoms with Gasteiger partial charge in [0.1, 0.15) is 0 Å². The molecule has 0 aliphatic heterocycles. The number of allylic oxidation sites excluding steroid dienone is 1. The number of unbranched alkanes of at least 4 members (excludes halogenated alkanes) is 3. The first-order valence-corrected chi connectivity index (χ1v) is 5.07. The van der Waals surface area contributed by atoms with Crippen LogP contribution < -0.4 is 0 Å². The van der Waals surface area contributed by atoms with E-state index in [4.69, 9.17) is 0 Å². The van der Waals surface area contributed by atoms with Gasteiger partial charge in [0.05, 0.1) is 0 Å². The highest BCUT2D eigenvalue weighted by molar-refractivity contribution is 8.93. The third-order valence-electron chi connectivity index (χ3n) is 1.88. The van der Waals surface area contributed by atoms with E-state index in [0.717, 1.165) is 0 Å². The van der Waals surface area contributed by atoms with Crippen LogP contribution in [0.4, 0.5) is 0 Å². The van der Waals surface area contributed by atoms with Crippen LogP contribution in [0.15, 0.2) is 12.2 Å². The molecule has 80 valence electrons. The molecule has 0 saturated heterocycles. The van der Waals surface area contributed by atoms with Crippen molar-refractivity contribution in [2.24, 2.45) is 0 Å². The van der Waals surface area contributed by atoms with Gasteiger partial charge in [0.15, 0.2) is 0 Å². The van der Waals surface area contributed by atoms with Gasteiger partial charge >= 0.3 is 0 Å². The fourth-order valence-electron chi connectivity index (χ4n) is 1.08. The normalized spacial score (nSPS) is 10.8. The average molecular weight is 250 g/mol. The van der Waals surface area contributed by atoms with Crippen LogP contribution >= 0.6 is 17.0 Å². The minimum atomic E-state index is 0. The Labute approximate surface area is 94.0 Å². The first kappa shape index (κ1) is 15.6. The maximum Gasteiger partial charge on any atom is 0.000980 e. The summed E-state index contributed by atoms with van der Waals surface area (Å²) in [6.07, 6.45) is 11.1. The van der Waals surface area contributed by atoms with Crippen LogP contribution in [0.3, 0.4) is 0 Å². The molecule has 0 amide bonds. The molecule has 0 aromatic heterocycles. The average Bonchev–Trinajstić information content (AvgIpc) is 2.02. The zero-order chi connectivity index (χ0) is 9.23. The standard InChI is InChI=1S/C11H23N.BrH/c1-4-5-6-7-8-9-10-11-12(2)3;/h8-9H,4-7,10-11H2,1-3H3;1H. The summed E-state index contributed by atoms with van der Waals surface area (Å²) in [5, 5.41) is 0. The Morgan fingerprint density at radius 3 is 2.15 bits per heavy atom. The number of hydrogen-bond donors (Lipinski definition) is 0. The minimum absolute atomic E-state index is 0. The molecule has 0 unspecified atom stereocenters. The van der Waals surface area contributed by atoms with Crippen molar-refractivity contribution in [2.75, 3.05) is 20.6 Å². The van der Waals surface area contributed by atoms with Gasteiger partial charge in [-0.05, 0) is 33.4 Å². The molecule has 0 spiro atoms. The van der Waals surface area contributed by atoms with Crippen LogP contribution in [0.1, 0.15) is 39.0 Å². The molecule has 0 aromatic carbocycles. The van der Waals surface area contributed by atoms with Crippen molar-refractivity contribution < 1.29 is 0 Å². The lowest BCUT2D eigenvalue weighted by Crippen LogP contribution is -2.11. The van der Waals surface area contributed by atoms with Gasteiger partial charge in [-0.3, -0.25) is 0 Å². The van der Waals surface area contributed by atoms with E-state index in [1.807, 2.05) is 0 Å². The molecule has 0 atom stereocenters. The fourth-order valence-corrected chi connectivity index (χ4v) is 1.08. The lowest BCUT2D eigenvalue weighted by Gasteiger charge is -2.05. The first-order chi connectivity index (χ1) is 5.77. The Morgan fingerprint density at radius 1 is 1.00 bits per heavy atom. The van der Waals surface area contributed by atoms with Crippen molar-refractivity contribution in [3.63, 3.8) is 0 Å². The van der Waals surface area contributed by atoms with Crippen molar-refractivity contribution in [1.82, 2.24) is 4.90 Å². The fraction of sp³-hybridized carbons (Fsp3) is 0.818. The molecule has 0 aliphatic carbocycles. The van der Waals surface area contributed by atoms with E-state index in [2.05, 4.69) is 38.1 Å². The highest BCUT2D eigenvalue weighted by atomic mass is 79.9. The molecule has 13 heavy (non-hydrogen) atoms. The topological polar surface area (TPSA) is 3.24 Å². The SMILES string of the molecule is Br.CCCCCC=CCCN(C)C. The van der Waals surface area contributed by atoms with Gasteiger partial charge in [0, 0.05) is 6.54 Å². The lowest BCUT2D eigenvalue weighted by atomic mass is 10.2. The molecule has 1 nitrogen and oxygen atoms in total. The highest BCUT2D eigenvalue weighted by Crippen LogP contribution is 2.00. The van der Waals surface area contributed by atoms with Crippen LogP contribution in [0.5, 0.6) is 0 Å². The minimum Gasteiger partial charge on any atom is -0.309 e. The van der Waals surface area contributed by atoms with Crippen LogP contribution in [0.2, 0.25) is 0 Å². The predicted octanol–water partition coefficient (Wildman–Crippen LogP) is 3.65. The molecule has 0 fully saturated rings. The second-order valence-electron chi connectivity index (χ2n) is 3.56. The van der Waals surface area contributed by atoms with Gasteiger partial charge in [0.2, 0.25) is 0 Å². The zero-order valence-corrected chi connectivity index (χ0v) is 11.0. The van der Waals surface area contributed by atoms with E-state index in [1.54, 1.807) is 0 Å². The van der Waals surface area contributed by atoms with Crippen molar-refractivity contribution in [2.45, 2.75) is 39.0 Å². The monoisotopic (exact) mass is 249 g/mol. The summed E-state index contributed by atoms with van der Waals surface area (Å²) in [7, 11) is 4.23. The molecule has 2 heteroatoms. The maximum atomic E-state index is 2.32. The lowest BCUT2D eigenvalue weighted by molar-refractivity contribution is 0.417. The van der Waals surface area contributed by atoms with Gasteiger partial charge in [-0.25, -0.2) is 0 Å². The van der Waals surface area contributed by atoms with Crippen molar-refractivity contribution in [3.05, 3.63) is 12.2 Å². The predicted molar refractivity (Wildman–Crippen MR) is 66.8 cm³/mol. The van der Waals surface area contributed by atoms with Gasteiger partial charge in [-0.1, -0.05) is 31.9 Å². The molecule has 0 N–H and O–H groups in total. The third-order valence-corrected chi connectivity index (χ3v) is 1.88. The van der Waals surface area contributed by atoms with E-state index >= 15 is 0 Å². The number of nitrogens with zero attached hydrogens (tertiary/aromatic N) is 1. The van der Waals surface area contributed by atoms with Crippen LogP contribution in [0.25, 0.3) is 0 Å². The van der Waals surface area contributed by atoms with Gasteiger partial charge in [-0.15, -0.1) is 17.0 Å². The third kappa shape index (κ3) is 15.0. The maximum absolute atomic E-state index is 2.32. The van der Waals surface area contributed by atoms with Crippen LogP contribution in [0, 0.1) is 0 Å². The van der Waals surface area contributed by atoms with Gasteiger partial charge < -0.3 is 4.90 Å². The number of hydrogen-bond acceptors (Lipinski definition) is 1.